The van der Waals surface area contributed by atoms with Crippen LogP contribution in [-0.2, 0) is 0 Å². The van der Waals surface area contributed by atoms with Crippen LogP contribution >= 0.6 is 19.8 Å². The summed E-state index contributed by atoms with van der Waals surface area (Å²) in [4.78, 5) is 0. The van der Waals surface area contributed by atoms with Gasteiger partial charge in [-0.2, -0.15) is 0 Å². The van der Waals surface area contributed by atoms with Crippen molar-refractivity contribution in [1.82, 2.24) is 0 Å². The monoisotopic (exact) mass is 251 g/mol. The second kappa shape index (κ2) is 2.40. The van der Waals surface area contributed by atoms with Crippen LogP contribution in [-0.4, -0.2) is 7.85 Å². The van der Waals surface area contributed by atoms with Gasteiger partial charge < -0.3 is 0 Å². The zero-order valence-electron chi connectivity index (χ0n) is 6.31. The molecule has 2 aliphatic heterocycles. The van der Waals surface area contributed by atoms with E-state index in [9.17, 15) is 0 Å². The zero-order valence-corrected chi connectivity index (χ0v) is 8.47. The molecule has 2 rings (SSSR count). The van der Waals surface area contributed by atoms with Crippen molar-refractivity contribution in [3.8, 4) is 0 Å². The molecule has 1 unspecified atom stereocenters. The molecule has 2 heterocycles. The summed E-state index contributed by atoms with van der Waals surface area (Å²) in [6.45, 7) is 2.32. The summed E-state index contributed by atoms with van der Waals surface area (Å²) in [6, 6.07) is 0. The summed E-state index contributed by atoms with van der Waals surface area (Å²) < 4.78 is 4.76. The van der Waals surface area contributed by atoms with Crippen molar-refractivity contribution in [3.05, 3.63) is 9.78 Å². The van der Waals surface area contributed by atoms with E-state index in [-0.39, 0.29) is 0 Å². The fraction of sp³-hybridized carbons (Fsp3) is 0.750. The fourth-order valence-corrected chi connectivity index (χ4v) is 9.54. The van der Waals surface area contributed by atoms with Crippen LogP contribution in [0.15, 0.2) is 9.78 Å². The Morgan fingerprint density at radius 3 is 3.20 bits per heavy atom. The molecule has 2 atom stereocenters. The summed E-state index contributed by atoms with van der Waals surface area (Å²) >= 11 is -0.549. The van der Waals surface area contributed by atoms with E-state index in [4.69, 9.17) is 5.73 Å². The van der Waals surface area contributed by atoms with Gasteiger partial charge in [-0.1, -0.05) is 0 Å². The standard InChI is InChI=1S/C8H14IN/c1-2-7-8-4-3-6(10)5-9(7)8/h5,7-8H,2-4,10H2,1H3/t7?,8-/m0/s1. The van der Waals surface area contributed by atoms with Crippen molar-refractivity contribution in [2.24, 2.45) is 5.73 Å². The van der Waals surface area contributed by atoms with Crippen molar-refractivity contribution >= 4 is 19.8 Å². The molecule has 0 bridgehead atoms. The Kier molecular flexibility index (Phi) is 1.66. The van der Waals surface area contributed by atoms with Crippen LogP contribution in [0.5, 0.6) is 0 Å². The SMILES string of the molecule is CCC1[C@@H]2CCC(N)=CI12. The molecule has 0 radical (unpaired) electrons. The molecule has 10 heavy (non-hydrogen) atoms. The quantitative estimate of drug-likeness (QED) is 0.561. The minimum absolute atomic E-state index is 0.549. The van der Waals surface area contributed by atoms with Crippen LogP contribution in [0.1, 0.15) is 26.2 Å². The van der Waals surface area contributed by atoms with Gasteiger partial charge >= 0.3 is 69.4 Å². The molecule has 2 heteroatoms. The predicted molar refractivity (Wildman–Crippen MR) is 53.4 cm³/mol. The summed E-state index contributed by atoms with van der Waals surface area (Å²) in [6.07, 6.45) is 4.03. The Balaban J connectivity index is 2.05. The molecule has 0 aromatic carbocycles. The first-order valence-electron chi connectivity index (χ1n) is 3.94. The first-order chi connectivity index (χ1) is 4.83. The number of rotatable bonds is 1. The van der Waals surface area contributed by atoms with Crippen LogP contribution in [0.25, 0.3) is 0 Å². The molecule has 2 N–H and O–H groups in total. The third-order valence-electron chi connectivity index (χ3n) is 2.34. The first-order valence-corrected chi connectivity index (χ1v) is 7.68. The number of fused-ring (bicyclic) bond motifs is 1. The molecule has 2 aliphatic rings. The average molecular weight is 251 g/mol. The fourth-order valence-electron chi connectivity index (χ4n) is 1.72. The average Bonchev–Trinajstić information content (AvgIpc) is 2.60. The van der Waals surface area contributed by atoms with Crippen LogP contribution in [0.3, 0.4) is 0 Å². The first kappa shape index (κ1) is 6.95. The van der Waals surface area contributed by atoms with E-state index >= 15 is 0 Å². The number of allylic oxidation sites excluding steroid dienone is 1. The maximum atomic E-state index is 5.77. The van der Waals surface area contributed by atoms with Crippen LogP contribution in [0.2, 0.25) is 0 Å². The molecule has 0 spiro atoms. The van der Waals surface area contributed by atoms with Gasteiger partial charge in [0, 0.05) is 0 Å². The van der Waals surface area contributed by atoms with E-state index in [1.807, 2.05) is 0 Å². The van der Waals surface area contributed by atoms with Crippen molar-refractivity contribution in [1.29, 1.82) is 0 Å². The minimum atomic E-state index is -0.549. The van der Waals surface area contributed by atoms with E-state index in [1.54, 1.807) is 0 Å². The molecular weight excluding hydrogens is 237 g/mol. The van der Waals surface area contributed by atoms with Gasteiger partial charge in [0.1, 0.15) is 0 Å². The summed E-state index contributed by atoms with van der Waals surface area (Å²) in [7, 11) is 0. The molecule has 58 valence electrons. The molecule has 0 aromatic rings. The van der Waals surface area contributed by atoms with E-state index < -0.39 is 19.8 Å². The van der Waals surface area contributed by atoms with Gasteiger partial charge in [-0.3, -0.25) is 0 Å². The summed E-state index contributed by atoms with van der Waals surface area (Å²) in [5.41, 5.74) is 6.97. The number of halogens is 1. The predicted octanol–water partition coefficient (Wildman–Crippen LogP) is 2.25. The zero-order chi connectivity index (χ0) is 7.14. The Labute approximate surface area is 69.4 Å². The van der Waals surface area contributed by atoms with Gasteiger partial charge in [0.15, 0.2) is 0 Å². The van der Waals surface area contributed by atoms with Gasteiger partial charge in [-0.25, -0.2) is 0 Å². The van der Waals surface area contributed by atoms with Gasteiger partial charge in [0.05, 0.1) is 0 Å². The Hall–Kier alpha value is 0.270. The van der Waals surface area contributed by atoms with E-state index in [0.717, 1.165) is 3.92 Å². The van der Waals surface area contributed by atoms with Gasteiger partial charge in [-0.05, 0) is 0 Å². The Morgan fingerprint density at radius 2 is 2.60 bits per heavy atom. The van der Waals surface area contributed by atoms with Crippen molar-refractivity contribution in [3.63, 3.8) is 0 Å². The van der Waals surface area contributed by atoms with E-state index in [2.05, 4.69) is 11.0 Å². The van der Waals surface area contributed by atoms with Gasteiger partial charge in [-0.15, -0.1) is 0 Å². The molecule has 0 amide bonds. The van der Waals surface area contributed by atoms with Crippen LogP contribution in [0, 0.1) is 0 Å². The van der Waals surface area contributed by atoms with Crippen LogP contribution < -0.4 is 5.73 Å². The van der Waals surface area contributed by atoms with Crippen molar-refractivity contribution in [2.45, 2.75) is 34.0 Å². The van der Waals surface area contributed by atoms with Crippen LogP contribution in [0.4, 0.5) is 0 Å². The van der Waals surface area contributed by atoms with E-state index in [0.29, 0.717) is 0 Å². The van der Waals surface area contributed by atoms with Crippen molar-refractivity contribution < 1.29 is 0 Å². The van der Waals surface area contributed by atoms with Gasteiger partial charge in [0.25, 0.3) is 0 Å². The Morgan fingerprint density at radius 1 is 1.80 bits per heavy atom. The molecule has 1 saturated heterocycles. The van der Waals surface area contributed by atoms with Crippen molar-refractivity contribution in [2.75, 3.05) is 0 Å². The number of alkyl halides is 2. The maximum absolute atomic E-state index is 5.77. The molecular formula is C8H14IN. The molecule has 1 nitrogen and oxygen atoms in total. The third kappa shape index (κ3) is 0.966. The molecule has 0 saturated carbocycles. The summed E-state index contributed by atoms with van der Waals surface area (Å²) in [5.74, 6) is 0. The second-order valence-corrected chi connectivity index (χ2v) is 9.02. The topological polar surface area (TPSA) is 26.0 Å². The summed E-state index contributed by atoms with van der Waals surface area (Å²) in [5, 5.41) is 0. The normalized spacial score (nSPS) is 40.5. The molecule has 0 aromatic heterocycles. The second-order valence-electron chi connectivity index (χ2n) is 3.04. The number of nitrogens with two attached hydrogens (primary N) is 1. The van der Waals surface area contributed by atoms with E-state index in [1.165, 1.54) is 28.9 Å². The Bertz CT molecular complexity index is 172. The molecule has 1 fully saturated rings. The number of hydrogen-bond donors (Lipinski definition) is 1. The van der Waals surface area contributed by atoms with Gasteiger partial charge in [0.2, 0.25) is 0 Å². The molecule has 0 aliphatic carbocycles. The third-order valence-corrected chi connectivity index (χ3v) is 9.96. The number of hydrogen-bond acceptors (Lipinski definition) is 1.